The molecule has 0 saturated carbocycles. The van der Waals surface area contributed by atoms with Gasteiger partial charge in [-0.2, -0.15) is 5.26 Å². The molecule has 1 aliphatic rings. The van der Waals surface area contributed by atoms with Gasteiger partial charge >= 0.3 is 5.97 Å². The van der Waals surface area contributed by atoms with Crippen LogP contribution in [0.2, 0.25) is 0 Å². The second-order valence-corrected chi connectivity index (χ2v) is 7.83. The molecule has 7 heteroatoms. The number of carbonyl (C=O) groups excluding carboxylic acids is 1. The van der Waals surface area contributed by atoms with E-state index in [9.17, 15) is 10.1 Å². The topological polar surface area (TPSA) is 104 Å². The summed E-state index contributed by atoms with van der Waals surface area (Å²) in [7, 11) is 1.57. The van der Waals surface area contributed by atoms with Crippen LogP contribution in [0.25, 0.3) is 0 Å². The number of ether oxygens (including phenoxy) is 4. The molecular formula is C27H24N2O5. The number of fused-ring (bicyclic) bond motifs is 1. The molecule has 1 unspecified atom stereocenters. The highest BCUT2D eigenvalue weighted by molar-refractivity contribution is 5.74. The van der Waals surface area contributed by atoms with Crippen molar-refractivity contribution in [2.45, 2.75) is 19.8 Å². The summed E-state index contributed by atoms with van der Waals surface area (Å²) in [5, 5.41) is 9.75. The van der Waals surface area contributed by atoms with Crippen molar-refractivity contribution in [3.63, 3.8) is 0 Å². The van der Waals surface area contributed by atoms with E-state index in [1.807, 2.05) is 56.3 Å². The second kappa shape index (κ2) is 9.59. The quantitative estimate of drug-likeness (QED) is 0.430. The number of nitriles is 1. The first-order chi connectivity index (χ1) is 16.4. The molecule has 7 nitrogen and oxygen atoms in total. The van der Waals surface area contributed by atoms with Gasteiger partial charge in [-0.1, -0.05) is 36.4 Å². The van der Waals surface area contributed by atoms with Crippen LogP contribution in [0.4, 0.5) is 0 Å². The molecule has 2 N–H and O–H groups in total. The van der Waals surface area contributed by atoms with Crippen molar-refractivity contribution in [1.82, 2.24) is 0 Å². The highest BCUT2D eigenvalue weighted by atomic mass is 16.6. The van der Waals surface area contributed by atoms with Gasteiger partial charge in [-0.3, -0.25) is 0 Å². The van der Waals surface area contributed by atoms with Gasteiger partial charge < -0.3 is 24.7 Å². The number of para-hydroxylation sites is 1. The number of aryl methyl sites for hydroxylation is 1. The van der Waals surface area contributed by atoms with Crippen LogP contribution in [0.3, 0.4) is 0 Å². The average molecular weight is 456 g/mol. The number of benzene rings is 3. The van der Waals surface area contributed by atoms with Crippen molar-refractivity contribution in [3.05, 3.63) is 94.4 Å². The summed E-state index contributed by atoms with van der Waals surface area (Å²) >= 11 is 0. The van der Waals surface area contributed by atoms with Crippen LogP contribution in [0.15, 0.2) is 72.1 Å². The fourth-order valence-corrected chi connectivity index (χ4v) is 3.90. The number of hydrogen-bond donors (Lipinski definition) is 1. The van der Waals surface area contributed by atoms with E-state index in [1.54, 1.807) is 25.3 Å². The van der Waals surface area contributed by atoms with Gasteiger partial charge in [0.25, 0.3) is 0 Å². The number of allylic oxidation sites excluding steroid dienone is 1. The molecule has 0 bridgehead atoms. The van der Waals surface area contributed by atoms with Gasteiger partial charge in [0, 0.05) is 17.2 Å². The number of nitrogens with two attached hydrogens (primary N) is 1. The van der Waals surface area contributed by atoms with Gasteiger partial charge in [-0.05, 0) is 43.2 Å². The van der Waals surface area contributed by atoms with Gasteiger partial charge in [0.1, 0.15) is 34.6 Å². The van der Waals surface area contributed by atoms with Crippen molar-refractivity contribution < 1.29 is 23.7 Å². The lowest BCUT2D eigenvalue weighted by Crippen LogP contribution is -2.22. The first-order valence-electron chi connectivity index (χ1n) is 10.7. The Hall–Kier alpha value is -4.44. The minimum Gasteiger partial charge on any atom is -0.496 e. The average Bonchev–Trinajstić information content (AvgIpc) is 2.84. The van der Waals surface area contributed by atoms with E-state index in [1.165, 1.54) is 0 Å². The zero-order chi connectivity index (χ0) is 24.2. The van der Waals surface area contributed by atoms with Gasteiger partial charge in [0.15, 0.2) is 6.61 Å². The first-order valence-corrected chi connectivity index (χ1v) is 10.7. The highest BCUT2D eigenvalue weighted by Crippen LogP contribution is 2.45. The first kappa shape index (κ1) is 22.7. The maximum atomic E-state index is 12.4. The Morgan fingerprint density at radius 1 is 1.06 bits per heavy atom. The van der Waals surface area contributed by atoms with E-state index < -0.39 is 11.9 Å². The van der Waals surface area contributed by atoms with Gasteiger partial charge in [0.2, 0.25) is 5.88 Å². The molecule has 4 rings (SSSR count). The molecule has 3 aromatic carbocycles. The molecule has 0 amide bonds. The van der Waals surface area contributed by atoms with E-state index in [-0.39, 0.29) is 23.8 Å². The molecule has 172 valence electrons. The summed E-state index contributed by atoms with van der Waals surface area (Å²) in [6, 6.07) is 20.2. The van der Waals surface area contributed by atoms with Crippen molar-refractivity contribution in [3.8, 4) is 29.1 Å². The van der Waals surface area contributed by atoms with E-state index in [4.69, 9.17) is 24.7 Å². The molecule has 1 aliphatic heterocycles. The van der Waals surface area contributed by atoms with Crippen LogP contribution in [-0.4, -0.2) is 19.7 Å². The summed E-state index contributed by atoms with van der Waals surface area (Å²) in [6.45, 7) is 3.67. The van der Waals surface area contributed by atoms with Gasteiger partial charge in [0.05, 0.1) is 13.0 Å². The minimum absolute atomic E-state index is 0.00682. The number of methoxy groups -OCH3 is 1. The van der Waals surface area contributed by atoms with Crippen molar-refractivity contribution in [1.29, 1.82) is 5.26 Å². The van der Waals surface area contributed by atoms with Gasteiger partial charge in [-0.25, -0.2) is 4.79 Å². The lowest BCUT2D eigenvalue weighted by Gasteiger charge is -2.27. The summed E-state index contributed by atoms with van der Waals surface area (Å²) in [5.74, 6) is 0.884. The largest absolute Gasteiger partial charge is 0.496 e. The maximum absolute atomic E-state index is 12.4. The summed E-state index contributed by atoms with van der Waals surface area (Å²) in [5.41, 5.74) is 9.89. The number of esters is 1. The van der Waals surface area contributed by atoms with Crippen LogP contribution >= 0.6 is 0 Å². The molecule has 1 atom stereocenters. The summed E-state index contributed by atoms with van der Waals surface area (Å²) in [4.78, 5) is 12.4. The fourth-order valence-electron chi connectivity index (χ4n) is 3.90. The summed E-state index contributed by atoms with van der Waals surface area (Å²) < 4.78 is 22.3. The number of nitrogens with zero attached hydrogens (tertiary/aromatic N) is 1. The highest BCUT2D eigenvalue weighted by Gasteiger charge is 2.32. The third kappa shape index (κ3) is 4.39. The SMILES string of the molecule is COc1ccccc1C1C(C#N)=C(N)Oc2cc(OC(=O)COc3cccc(C)c3C)ccc21. The zero-order valence-electron chi connectivity index (χ0n) is 19.1. The van der Waals surface area contributed by atoms with Crippen LogP contribution in [0, 0.1) is 25.2 Å². The van der Waals surface area contributed by atoms with E-state index >= 15 is 0 Å². The number of hydrogen-bond acceptors (Lipinski definition) is 7. The van der Waals surface area contributed by atoms with E-state index in [0.29, 0.717) is 22.8 Å². The Morgan fingerprint density at radius 2 is 1.82 bits per heavy atom. The molecule has 3 aromatic rings. The molecule has 0 spiro atoms. The van der Waals surface area contributed by atoms with Crippen LogP contribution in [0.5, 0.6) is 23.0 Å². The Kier molecular flexibility index (Phi) is 6.42. The fraction of sp³-hybridized carbons (Fsp3) is 0.185. The molecule has 0 aliphatic carbocycles. The predicted molar refractivity (Wildman–Crippen MR) is 126 cm³/mol. The molecule has 0 saturated heterocycles. The van der Waals surface area contributed by atoms with Crippen LogP contribution in [-0.2, 0) is 4.79 Å². The molecular weight excluding hydrogens is 432 g/mol. The Bertz CT molecular complexity index is 1320. The van der Waals surface area contributed by atoms with E-state index in [0.717, 1.165) is 16.7 Å². The maximum Gasteiger partial charge on any atom is 0.349 e. The Morgan fingerprint density at radius 3 is 2.59 bits per heavy atom. The normalized spacial score (nSPS) is 14.5. The standard InChI is InChI=1S/C27H24N2O5/c1-16-7-6-10-22(17(16)2)32-15-25(30)33-18-11-12-20-24(13-18)34-27(29)21(14-28)26(20)19-8-4-5-9-23(19)31-3/h4-13,26H,15,29H2,1-3H3. The van der Waals surface area contributed by atoms with Crippen LogP contribution in [0.1, 0.15) is 28.2 Å². The van der Waals surface area contributed by atoms with Crippen molar-refractivity contribution in [2.75, 3.05) is 13.7 Å². The molecule has 0 radical (unpaired) electrons. The number of carbonyl (C=O) groups is 1. The molecule has 1 heterocycles. The molecule has 0 fully saturated rings. The molecule has 34 heavy (non-hydrogen) atoms. The minimum atomic E-state index is -0.556. The summed E-state index contributed by atoms with van der Waals surface area (Å²) in [6.07, 6.45) is 0. The lowest BCUT2D eigenvalue weighted by molar-refractivity contribution is -0.136. The number of rotatable bonds is 6. The lowest BCUT2D eigenvalue weighted by atomic mass is 9.83. The van der Waals surface area contributed by atoms with E-state index in [2.05, 4.69) is 6.07 Å². The molecule has 0 aromatic heterocycles. The van der Waals surface area contributed by atoms with Crippen molar-refractivity contribution >= 4 is 5.97 Å². The van der Waals surface area contributed by atoms with Crippen molar-refractivity contribution in [2.24, 2.45) is 5.73 Å². The predicted octanol–water partition coefficient (Wildman–Crippen LogP) is 4.51. The monoisotopic (exact) mass is 456 g/mol. The Labute approximate surface area is 197 Å². The second-order valence-electron chi connectivity index (χ2n) is 7.83. The van der Waals surface area contributed by atoms with Crippen LogP contribution < -0.4 is 24.7 Å². The van der Waals surface area contributed by atoms with Gasteiger partial charge in [-0.15, -0.1) is 0 Å². The third-order valence-corrected chi connectivity index (χ3v) is 5.77. The third-order valence-electron chi connectivity index (χ3n) is 5.77. The Balaban J connectivity index is 1.57. The zero-order valence-corrected chi connectivity index (χ0v) is 19.1. The smallest absolute Gasteiger partial charge is 0.349 e.